The van der Waals surface area contributed by atoms with Crippen LogP contribution in [0.2, 0.25) is 0 Å². The fraction of sp³-hybridized carbons (Fsp3) is 0.385. The summed E-state index contributed by atoms with van der Waals surface area (Å²) in [6.45, 7) is 8.40. The van der Waals surface area contributed by atoms with Crippen LogP contribution in [-0.2, 0) is 7.05 Å². The second-order valence-electron chi connectivity index (χ2n) is 4.96. The van der Waals surface area contributed by atoms with Gasteiger partial charge in [-0.15, -0.1) is 0 Å². The highest BCUT2D eigenvalue weighted by Gasteiger charge is 2.20. The summed E-state index contributed by atoms with van der Waals surface area (Å²) in [5.41, 5.74) is 5.02. The van der Waals surface area contributed by atoms with Gasteiger partial charge in [-0.1, -0.05) is 22.4 Å². The molecule has 0 spiro atoms. The summed E-state index contributed by atoms with van der Waals surface area (Å²) < 4.78 is 43.0. The smallest absolute Gasteiger partial charge is 0.418 e. The lowest BCUT2D eigenvalue weighted by Gasteiger charge is -2.05. The number of hydrogen-bond donors (Lipinski definition) is 0. The molecule has 1 heterocycles. The number of rotatable bonds is 1. The Hall–Kier alpha value is -1.86. The second kappa shape index (κ2) is 6.28. The quantitative estimate of drug-likeness (QED) is 0.450. The Balaban J connectivity index is 0.000000383. The summed E-state index contributed by atoms with van der Waals surface area (Å²) in [6, 6.07) is 4.39. The van der Waals surface area contributed by atoms with Crippen molar-refractivity contribution >= 4 is 7.25 Å². The summed E-state index contributed by atoms with van der Waals surface area (Å²) >= 11 is 0. The molecule has 2 aromatic rings. The minimum atomic E-state index is -6.00. The highest BCUT2D eigenvalue weighted by atomic mass is 19.5. The van der Waals surface area contributed by atoms with Gasteiger partial charge in [0.25, 0.3) is 5.82 Å². The van der Waals surface area contributed by atoms with Crippen LogP contribution in [0.3, 0.4) is 0 Å². The summed E-state index contributed by atoms with van der Waals surface area (Å²) in [5, 5.41) is 4.51. The zero-order chi connectivity index (χ0) is 16.4. The van der Waals surface area contributed by atoms with Gasteiger partial charge >= 0.3 is 7.25 Å². The molecule has 0 fully saturated rings. The molecule has 3 nitrogen and oxygen atoms in total. The average Bonchev–Trinajstić information content (AvgIpc) is 2.54. The van der Waals surface area contributed by atoms with Gasteiger partial charge in [-0.2, -0.15) is 0 Å². The van der Waals surface area contributed by atoms with Crippen LogP contribution < -0.4 is 4.57 Å². The van der Waals surface area contributed by atoms with Crippen LogP contribution >= 0.6 is 0 Å². The van der Waals surface area contributed by atoms with Crippen molar-refractivity contribution in [2.45, 2.75) is 27.7 Å². The highest BCUT2D eigenvalue weighted by molar-refractivity contribution is 6.50. The number of nitrogens with zero attached hydrogens (tertiary/aromatic N) is 3. The average molecular weight is 303 g/mol. The summed E-state index contributed by atoms with van der Waals surface area (Å²) in [6.07, 6.45) is 2.01. The minimum Gasteiger partial charge on any atom is -0.418 e. The van der Waals surface area contributed by atoms with E-state index in [0.29, 0.717) is 0 Å². The normalized spacial score (nSPS) is 11.1. The van der Waals surface area contributed by atoms with E-state index in [1.807, 2.05) is 29.5 Å². The third-order valence-corrected chi connectivity index (χ3v) is 2.91. The van der Waals surface area contributed by atoms with Crippen LogP contribution in [0.1, 0.15) is 22.5 Å². The molecule has 21 heavy (non-hydrogen) atoms. The minimum absolute atomic E-state index is 1.01. The lowest BCUT2D eigenvalue weighted by atomic mass is 10.1. The van der Waals surface area contributed by atoms with Gasteiger partial charge in [-0.3, -0.25) is 0 Å². The van der Waals surface area contributed by atoms with E-state index in [2.05, 4.69) is 38.0 Å². The van der Waals surface area contributed by atoms with Crippen LogP contribution in [0.15, 0.2) is 18.5 Å². The topological polar surface area (TPSA) is 21.7 Å². The molecule has 0 saturated heterocycles. The zero-order valence-electron chi connectivity index (χ0n) is 12.7. The van der Waals surface area contributed by atoms with Crippen LogP contribution in [0, 0.1) is 27.7 Å². The van der Waals surface area contributed by atoms with E-state index >= 15 is 0 Å². The molecule has 2 rings (SSSR count). The summed E-state index contributed by atoms with van der Waals surface area (Å²) in [4.78, 5) is 0. The first-order valence-electron chi connectivity index (χ1n) is 6.36. The van der Waals surface area contributed by atoms with Gasteiger partial charge in [0.05, 0.1) is 7.05 Å². The predicted octanol–water partition coefficient (Wildman–Crippen LogP) is 3.23. The maximum Gasteiger partial charge on any atom is 0.673 e. The SMILES string of the molecule is Cc1cc(C)c(-n2c[n+](C)c(C)n2)c(C)c1.F[B-](F)(F)F. The van der Waals surface area contributed by atoms with Crippen molar-refractivity contribution < 1.29 is 21.8 Å². The van der Waals surface area contributed by atoms with E-state index < -0.39 is 7.25 Å². The Bertz CT molecular complexity index is 586. The molecule has 0 amide bonds. The molecular weight excluding hydrogens is 285 g/mol. The molecule has 116 valence electrons. The third-order valence-electron chi connectivity index (χ3n) is 2.91. The number of hydrogen-bond acceptors (Lipinski definition) is 1. The first kappa shape index (κ1) is 17.2. The van der Waals surface area contributed by atoms with Crippen molar-refractivity contribution in [3.63, 3.8) is 0 Å². The third kappa shape index (κ3) is 5.20. The predicted molar refractivity (Wildman–Crippen MR) is 73.9 cm³/mol. The molecule has 1 aromatic heterocycles. The number of aryl methyl sites for hydroxylation is 5. The molecule has 0 aliphatic carbocycles. The Morgan fingerprint density at radius 2 is 1.43 bits per heavy atom. The molecule has 0 saturated carbocycles. The van der Waals surface area contributed by atoms with Gasteiger partial charge < -0.3 is 17.3 Å². The zero-order valence-corrected chi connectivity index (χ0v) is 12.7. The molecule has 0 unspecified atom stereocenters. The number of aromatic nitrogens is 3. The maximum absolute atomic E-state index is 9.75. The Morgan fingerprint density at radius 1 is 1.00 bits per heavy atom. The van der Waals surface area contributed by atoms with Crippen molar-refractivity contribution in [2.24, 2.45) is 7.05 Å². The van der Waals surface area contributed by atoms with Crippen molar-refractivity contribution in [3.05, 3.63) is 41.0 Å². The van der Waals surface area contributed by atoms with Gasteiger partial charge in [0.2, 0.25) is 6.33 Å². The van der Waals surface area contributed by atoms with Crippen molar-refractivity contribution in [3.8, 4) is 5.69 Å². The maximum atomic E-state index is 9.75. The molecular formula is C13H18BF4N3. The Labute approximate surface area is 121 Å². The first-order chi connectivity index (χ1) is 9.49. The van der Waals surface area contributed by atoms with E-state index in [4.69, 9.17) is 0 Å². The second-order valence-corrected chi connectivity index (χ2v) is 4.96. The monoisotopic (exact) mass is 303 g/mol. The van der Waals surface area contributed by atoms with Crippen LogP contribution in [0.25, 0.3) is 5.69 Å². The van der Waals surface area contributed by atoms with Gasteiger partial charge in [-0.25, -0.2) is 4.57 Å². The van der Waals surface area contributed by atoms with Crippen molar-refractivity contribution in [1.29, 1.82) is 0 Å². The lowest BCUT2D eigenvalue weighted by molar-refractivity contribution is -0.678. The molecule has 0 radical (unpaired) electrons. The van der Waals surface area contributed by atoms with Gasteiger partial charge in [0.15, 0.2) is 0 Å². The number of benzene rings is 1. The van der Waals surface area contributed by atoms with Crippen molar-refractivity contribution in [1.82, 2.24) is 9.78 Å². The van der Waals surface area contributed by atoms with Crippen LogP contribution in [0.5, 0.6) is 0 Å². The van der Waals surface area contributed by atoms with E-state index in [1.165, 1.54) is 22.4 Å². The van der Waals surface area contributed by atoms with E-state index in [0.717, 1.165) is 5.82 Å². The molecule has 0 N–H and O–H groups in total. The molecule has 0 aliphatic heterocycles. The van der Waals surface area contributed by atoms with Crippen LogP contribution in [0.4, 0.5) is 17.3 Å². The van der Waals surface area contributed by atoms with E-state index in [-0.39, 0.29) is 0 Å². The lowest BCUT2D eigenvalue weighted by Crippen LogP contribution is -2.28. The molecule has 0 aliphatic rings. The highest BCUT2D eigenvalue weighted by Crippen LogP contribution is 2.19. The molecule has 0 bridgehead atoms. The molecule has 0 atom stereocenters. The largest absolute Gasteiger partial charge is 0.673 e. The fourth-order valence-corrected chi connectivity index (χ4v) is 2.14. The van der Waals surface area contributed by atoms with Gasteiger partial charge in [0, 0.05) is 12.0 Å². The van der Waals surface area contributed by atoms with E-state index in [1.54, 1.807) is 0 Å². The fourth-order valence-electron chi connectivity index (χ4n) is 2.14. The van der Waals surface area contributed by atoms with Crippen LogP contribution in [-0.4, -0.2) is 17.0 Å². The number of halogens is 4. The standard InChI is InChI=1S/C13H18N3.BF4/c1-9-6-10(2)13(11(3)7-9)16-8-15(5)12(4)14-16;2-1(3,4)5/h6-8H,1-5H3;/q+1;-1. The van der Waals surface area contributed by atoms with E-state index in [9.17, 15) is 17.3 Å². The molecule has 8 heteroatoms. The molecule has 1 aromatic carbocycles. The van der Waals surface area contributed by atoms with Gasteiger partial charge in [-0.05, 0) is 31.9 Å². The first-order valence-corrected chi connectivity index (χ1v) is 6.36. The van der Waals surface area contributed by atoms with Crippen molar-refractivity contribution in [2.75, 3.05) is 0 Å². The Kier molecular flexibility index (Phi) is 5.14. The summed E-state index contributed by atoms with van der Waals surface area (Å²) in [5.74, 6) is 1.01. The van der Waals surface area contributed by atoms with Gasteiger partial charge in [0.1, 0.15) is 5.69 Å². The summed E-state index contributed by atoms with van der Waals surface area (Å²) in [7, 11) is -3.99. The Morgan fingerprint density at radius 3 is 1.76 bits per heavy atom.